The van der Waals surface area contributed by atoms with Crippen LogP contribution in [0.4, 0.5) is 0 Å². The van der Waals surface area contributed by atoms with Crippen molar-refractivity contribution in [2.24, 2.45) is 0 Å². The Morgan fingerprint density at radius 3 is 2.26 bits per heavy atom. The van der Waals surface area contributed by atoms with Crippen LogP contribution < -0.4 is 0 Å². The van der Waals surface area contributed by atoms with Crippen molar-refractivity contribution in [3.8, 4) is 0 Å². The Bertz CT molecular complexity index is 1040. The smallest absolute Gasteiger partial charge is 0.354 e. The number of sulfonamides is 1. The van der Waals surface area contributed by atoms with Crippen LogP contribution >= 0.6 is 0 Å². The minimum Gasteiger partial charge on any atom is -0.464 e. The number of hydrogen-bond acceptors (Lipinski definition) is 6. The summed E-state index contributed by atoms with van der Waals surface area (Å²) in [5.74, 6) is -0.981. The molecule has 0 saturated heterocycles. The summed E-state index contributed by atoms with van der Waals surface area (Å²) in [6.07, 6.45) is 0.428. The summed E-state index contributed by atoms with van der Waals surface area (Å²) in [6, 6.07) is 5.52. The van der Waals surface area contributed by atoms with Crippen molar-refractivity contribution in [2.45, 2.75) is 45.1 Å². The van der Waals surface area contributed by atoms with Gasteiger partial charge in [-0.2, -0.15) is 4.31 Å². The van der Waals surface area contributed by atoms with E-state index in [1.165, 1.54) is 30.7 Å². The van der Waals surface area contributed by atoms with Crippen molar-refractivity contribution in [1.82, 2.24) is 9.29 Å². The first-order chi connectivity index (χ1) is 14.6. The average molecular weight is 451 g/mol. The van der Waals surface area contributed by atoms with Gasteiger partial charge in [0.15, 0.2) is 5.78 Å². The van der Waals surface area contributed by atoms with Gasteiger partial charge in [-0.25, -0.2) is 13.2 Å². The number of rotatable bonds is 10. The number of H-pyrrole nitrogens is 1. The molecule has 9 heteroatoms. The van der Waals surface area contributed by atoms with Crippen LogP contribution in [0, 0.1) is 20.8 Å². The first-order valence-corrected chi connectivity index (χ1v) is 11.4. The van der Waals surface area contributed by atoms with Gasteiger partial charge in [0.25, 0.3) is 0 Å². The number of hydrogen-bond donors (Lipinski definition) is 1. The molecule has 0 aliphatic rings. The molecule has 8 nitrogen and oxygen atoms in total. The van der Waals surface area contributed by atoms with Crippen LogP contribution in [0.3, 0.4) is 0 Å². The molecule has 0 saturated carbocycles. The lowest BCUT2D eigenvalue weighted by molar-refractivity contribution is 0.0593. The highest BCUT2D eigenvalue weighted by Crippen LogP contribution is 2.25. The predicted molar refractivity (Wildman–Crippen MR) is 117 cm³/mol. The maximum Gasteiger partial charge on any atom is 0.354 e. The normalized spacial score (nSPS) is 12.7. The lowest BCUT2D eigenvalue weighted by atomic mass is 10.0. The molecule has 1 unspecified atom stereocenters. The van der Waals surface area contributed by atoms with Crippen LogP contribution in [0.1, 0.15) is 51.0 Å². The molecule has 0 aliphatic carbocycles. The van der Waals surface area contributed by atoms with Crippen molar-refractivity contribution in [3.63, 3.8) is 0 Å². The molecule has 0 fully saturated rings. The maximum atomic E-state index is 13.4. The van der Waals surface area contributed by atoms with Crippen molar-refractivity contribution in [3.05, 3.63) is 52.3 Å². The largest absolute Gasteiger partial charge is 0.464 e. The van der Waals surface area contributed by atoms with Gasteiger partial charge in [0.2, 0.25) is 10.0 Å². The number of carbonyl (C=O) groups is 2. The van der Waals surface area contributed by atoms with Crippen molar-refractivity contribution in [1.29, 1.82) is 0 Å². The Labute approximate surface area is 183 Å². The molecular weight excluding hydrogens is 420 g/mol. The second kappa shape index (κ2) is 10.2. The van der Waals surface area contributed by atoms with E-state index < -0.39 is 27.8 Å². The highest BCUT2D eigenvalue weighted by Gasteiger charge is 2.35. The molecule has 0 amide bonds. The zero-order chi connectivity index (χ0) is 23.3. The van der Waals surface area contributed by atoms with Gasteiger partial charge in [-0.1, -0.05) is 17.7 Å². The third kappa shape index (κ3) is 5.23. The molecule has 0 radical (unpaired) electrons. The number of benzene rings is 1. The van der Waals surface area contributed by atoms with E-state index in [0.29, 0.717) is 29.8 Å². The number of aromatic amines is 1. The number of nitrogens with zero attached hydrogens (tertiary/aromatic N) is 1. The molecule has 1 aromatic heterocycles. The first-order valence-electron chi connectivity index (χ1n) is 9.95. The Balaban J connectivity index is 2.47. The summed E-state index contributed by atoms with van der Waals surface area (Å²) in [4.78, 5) is 28.4. The molecule has 0 aliphatic heterocycles. The summed E-state index contributed by atoms with van der Waals surface area (Å²) < 4.78 is 37.8. The van der Waals surface area contributed by atoms with E-state index in [2.05, 4.69) is 4.98 Å². The van der Waals surface area contributed by atoms with Crippen molar-refractivity contribution < 1.29 is 27.5 Å². The van der Waals surface area contributed by atoms with Gasteiger partial charge < -0.3 is 14.5 Å². The minimum absolute atomic E-state index is 0.114. The van der Waals surface area contributed by atoms with Gasteiger partial charge >= 0.3 is 5.97 Å². The van der Waals surface area contributed by atoms with Gasteiger partial charge in [0.1, 0.15) is 5.69 Å². The highest BCUT2D eigenvalue weighted by atomic mass is 32.2. The molecule has 31 heavy (non-hydrogen) atoms. The fourth-order valence-corrected chi connectivity index (χ4v) is 5.13. The Hall–Kier alpha value is -2.49. The van der Waals surface area contributed by atoms with Crippen LogP contribution in [-0.2, 0) is 19.5 Å². The van der Waals surface area contributed by atoms with Gasteiger partial charge in [-0.05, 0) is 51.8 Å². The number of esters is 1. The molecule has 1 heterocycles. The number of aryl methyl sites for hydroxylation is 2. The Morgan fingerprint density at radius 2 is 1.71 bits per heavy atom. The first kappa shape index (κ1) is 24.8. The minimum atomic E-state index is -3.94. The van der Waals surface area contributed by atoms with E-state index in [1.54, 1.807) is 32.9 Å². The number of ketones is 1. The van der Waals surface area contributed by atoms with E-state index in [-0.39, 0.29) is 17.1 Å². The molecule has 1 N–H and O–H groups in total. The molecule has 0 spiro atoms. The maximum absolute atomic E-state index is 13.4. The lowest BCUT2D eigenvalue weighted by Crippen LogP contribution is -2.44. The second-order valence-electron chi connectivity index (χ2n) is 7.43. The van der Waals surface area contributed by atoms with Crippen LogP contribution in [0.2, 0.25) is 0 Å². The van der Waals surface area contributed by atoms with Gasteiger partial charge in [0, 0.05) is 31.5 Å². The summed E-state index contributed by atoms with van der Waals surface area (Å²) in [5.41, 5.74) is 2.33. The summed E-state index contributed by atoms with van der Waals surface area (Å²) in [7, 11) is -1.14. The number of aromatic nitrogens is 1. The van der Waals surface area contributed by atoms with E-state index in [4.69, 9.17) is 9.47 Å². The zero-order valence-corrected chi connectivity index (χ0v) is 19.6. The van der Waals surface area contributed by atoms with Gasteiger partial charge in [0.05, 0.1) is 18.0 Å². The quantitative estimate of drug-likeness (QED) is 0.339. The van der Waals surface area contributed by atoms with Gasteiger partial charge in [-0.15, -0.1) is 0 Å². The number of Topliss-reactive ketones (excluding diaryl/α,β-unsaturated/α-hetero) is 1. The standard InChI is InChI=1S/C22H30N2O6S/c1-14-8-10-18(11-9-14)31(27,28)24(12-7-13-29-5)17(4)21(25)19-15(2)20(22(26)30-6)23-16(19)3/h8-11,17,23H,7,12-13H2,1-6H3. The highest BCUT2D eigenvalue weighted by molar-refractivity contribution is 7.89. The summed E-state index contributed by atoms with van der Waals surface area (Å²) in [6.45, 7) is 7.21. The summed E-state index contributed by atoms with van der Waals surface area (Å²) in [5, 5.41) is 0. The van der Waals surface area contributed by atoms with Gasteiger partial charge in [-0.3, -0.25) is 4.79 Å². The number of nitrogens with one attached hydrogen (secondary N) is 1. The molecular formula is C22H30N2O6S. The van der Waals surface area contributed by atoms with E-state index in [0.717, 1.165) is 5.56 Å². The lowest BCUT2D eigenvalue weighted by Gasteiger charge is -2.28. The fraction of sp³-hybridized carbons (Fsp3) is 0.455. The molecule has 1 atom stereocenters. The van der Waals surface area contributed by atoms with Crippen molar-refractivity contribution in [2.75, 3.05) is 27.4 Å². The molecule has 1 aromatic carbocycles. The number of methoxy groups -OCH3 is 2. The molecule has 2 aromatic rings. The van der Waals surface area contributed by atoms with E-state index in [9.17, 15) is 18.0 Å². The molecule has 0 bridgehead atoms. The Kier molecular flexibility index (Phi) is 8.16. The molecule has 2 rings (SSSR count). The topological polar surface area (TPSA) is 106 Å². The number of ether oxygens (including phenoxy) is 2. The number of carbonyl (C=O) groups excluding carboxylic acids is 2. The van der Waals surface area contributed by atoms with E-state index >= 15 is 0 Å². The Morgan fingerprint density at radius 1 is 1.10 bits per heavy atom. The third-order valence-electron chi connectivity index (χ3n) is 5.24. The summed E-state index contributed by atoms with van der Waals surface area (Å²) >= 11 is 0. The van der Waals surface area contributed by atoms with E-state index in [1.807, 2.05) is 6.92 Å². The third-order valence-corrected chi connectivity index (χ3v) is 7.22. The monoisotopic (exact) mass is 450 g/mol. The van der Waals surface area contributed by atoms with Crippen LogP contribution in [-0.4, -0.2) is 62.9 Å². The average Bonchev–Trinajstić information content (AvgIpc) is 3.03. The second-order valence-corrected chi connectivity index (χ2v) is 9.32. The predicted octanol–water partition coefficient (Wildman–Crippen LogP) is 3.03. The van der Waals surface area contributed by atoms with Crippen LogP contribution in [0.5, 0.6) is 0 Å². The fourth-order valence-electron chi connectivity index (χ4n) is 3.50. The van der Waals surface area contributed by atoms with Crippen LogP contribution in [0.25, 0.3) is 0 Å². The van der Waals surface area contributed by atoms with Crippen LogP contribution in [0.15, 0.2) is 29.2 Å². The SMILES string of the molecule is COCCCN(C(C)C(=O)c1c(C)[nH]c(C(=O)OC)c1C)S(=O)(=O)c1ccc(C)cc1. The zero-order valence-electron chi connectivity index (χ0n) is 18.8. The van der Waals surface area contributed by atoms with Crippen molar-refractivity contribution >= 4 is 21.8 Å². The molecule has 170 valence electrons.